The Morgan fingerprint density at radius 2 is 2.25 bits per heavy atom. The first kappa shape index (κ1) is 14.7. The van der Waals surface area contributed by atoms with Gasteiger partial charge in [0.15, 0.2) is 0 Å². The van der Waals surface area contributed by atoms with Crippen LogP contribution in [0, 0.1) is 11.7 Å². The van der Waals surface area contributed by atoms with Gasteiger partial charge in [-0.3, -0.25) is 0 Å². The van der Waals surface area contributed by atoms with Gasteiger partial charge in [-0.1, -0.05) is 17.3 Å². The van der Waals surface area contributed by atoms with Crippen LogP contribution < -0.4 is 5.73 Å². The van der Waals surface area contributed by atoms with Gasteiger partial charge in [-0.15, -0.1) is 11.6 Å². The molecule has 1 aliphatic carbocycles. The lowest BCUT2D eigenvalue weighted by Crippen LogP contribution is -2.44. The Kier molecular flexibility index (Phi) is 4.23. The molecule has 1 saturated carbocycles. The molecule has 0 aliphatic heterocycles. The standard InChI is InChI=1S/C13H13ClF2N2O2/c14-7-11(19)20-18-12(17)8-5-13(16,6-8)9-2-1-3-10(15)4-9/h1-4,8H,5-7H2,(H2,17,18). The minimum atomic E-state index is -1.62. The van der Waals surface area contributed by atoms with E-state index in [1.54, 1.807) is 0 Å². The number of alkyl halides is 2. The van der Waals surface area contributed by atoms with Gasteiger partial charge in [-0.25, -0.2) is 13.6 Å². The van der Waals surface area contributed by atoms with Crippen LogP contribution in [0.3, 0.4) is 0 Å². The third kappa shape index (κ3) is 3.07. The largest absolute Gasteiger partial charge is 0.384 e. The maximum atomic E-state index is 14.5. The van der Waals surface area contributed by atoms with Crippen LogP contribution in [0.15, 0.2) is 29.4 Å². The van der Waals surface area contributed by atoms with E-state index in [1.807, 2.05) is 0 Å². The maximum Gasteiger partial charge on any atom is 0.349 e. The summed E-state index contributed by atoms with van der Waals surface area (Å²) in [5.41, 5.74) is 4.26. The average molecular weight is 303 g/mol. The zero-order valence-electron chi connectivity index (χ0n) is 10.5. The summed E-state index contributed by atoms with van der Waals surface area (Å²) in [6.45, 7) is 0. The minimum Gasteiger partial charge on any atom is -0.384 e. The molecule has 7 heteroatoms. The molecule has 108 valence electrons. The van der Waals surface area contributed by atoms with Crippen molar-refractivity contribution in [2.24, 2.45) is 16.8 Å². The molecule has 4 nitrogen and oxygen atoms in total. The van der Waals surface area contributed by atoms with Gasteiger partial charge >= 0.3 is 5.97 Å². The Hall–Kier alpha value is -1.69. The van der Waals surface area contributed by atoms with E-state index >= 15 is 0 Å². The van der Waals surface area contributed by atoms with Crippen molar-refractivity contribution in [3.05, 3.63) is 35.6 Å². The van der Waals surface area contributed by atoms with E-state index in [2.05, 4.69) is 9.99 Å². The summed E-state index contributed by atoms with van der Waals surface area (Å²) in [6, 6.07) is 5.40. The van der Waals surface area contributed by atoms with Crippen molar-refractivity contribution in [3.63, 3.8) is 0 Å². The first-order valence-electron chi connectivity index (χ1n) is 5.99. The topological polar surface area (TPSA) is 64.7 Å². The van der Waals surface area contributed by atoms with Crippen LogP contribution in [0.25, 0.3) is 0 Å². The molecule has 0 amide bonds. The molecule has 0 aromatic heterocycles. The second kappa shape index (κ2) is 5.75. The maximum absolute atomic E-state index is 14.5. The second-order valence-corrected chi connectivity index (χ2v) is 4.96. The summed E-state index contributed by atoms with van der Waals surface area (Å²) in [4.78, 5) is 15.2. The van der Waals surface area contributed by atoms with E-state index in [4.69, 9.17) is 17.3 Å². The number of halogens is 3. The Morgan fingerprint density at radius 1 is 1.55 bits per heavy atom. The van der Waals surface area contributed by atoms with Crippen molar-refractivity contribution in [2.45, 2.75) is 18.5 Å². The lowest BCUT2D eigenvalue weighted by atomic mass is 9.68. The number of hydrogen-bond donors (Lipinski definition) is 1. The van der Waals surface area contributed by atoms with Gasteiger partial charge in [0, 0.05) is 5.92 Å². The third-order valence-electron chi connectivity index (χ3n) is 3.26. The number of carbonyl (C=O) groups excluding carboxylic acids is 1. The van der Waals surface area contributed by atoms with Gasteiger partial charge in [0.05, 0.1) is 0 Å². The van der Waals surface area contributed by atoms with E-state index in [0.29, 0.717) is 0 Å². The van der Waals surface area contributed by atoms with Gasteiger partial charge in [0.2, 0.25) is 0 Å². The van der Waals surface area contributed by atoms with Crippen molar-refractivity contribution in [3.8, 4) is 0 Å². The highest BCUT2D eigenvalue weighted by molar-refractivity contribution is 6.26. The number of oxime groups is 1. The highest BCUT2D eigenvalue weighted by Gasteiger charge is 2.48. The van der Waals surface area contributed by atoms with Crippen LogP contribution in [0.2, 0.25) is 0 Å². The number of hydrogen-bond acceptors (Lipinski definition) is 3. The fourth-order valence-electron chi connectivity index (χ4n) is 2.14. The SMILES string of the molecule is N/C(=N/OC(=O)CCl)C1CC(F)(c2cccc(F)c2)C1. The van der Waals surface area contributed by atoms with E-state index in [1.165, 1.54) is 18.2 Å². The molecule has 0 unspecified atom stereocenters. The molecule has 0 radical (unpaired) electrons. The number of amidine groups is 1. The summed E-state index contributed by atoms with van der Waals surface area (Å²) < 4.78 is 27.6. The molecule has 2 rings (SSSR count). The number of nitrogens with two attached hydrogens (primary N) is 1. The Labute approximate surface area is 119 Å². The molecule has 0 saturated heterocycles. The van der Waals surface area contributed by atoms with E-state index < -0.39 is 17.5 Å². The summed E-state index contributed by atoms with van der Waals surface area (Å²) in [5, 5.41) is 3.41. The Bertz CT molecular complexity index is 545. The molecule has 1 aromatic carbocycles. The smallest absolute Gasteiger partial charge is 0.349 e. The zero-order valence-corrected chi connectivity index (χ0v) is 11.2. The van der Waals surface area contributed by atoms with Crippen molar-refractivity contribution in [1.29, 1.82) is 0 Å². The van der Waals surface area contributed by atoms with Gasteiger partial charge < -0.3 is 10.6 Å². The number of rotatable bonds is 4. The number of carbonyl (C=O) groups is 1. The van der Waals surface area contributed by atoms with Gasteiger partial charge in [0.25, 0.3) is 0 Å². The molecule has 0 heterocycles. The Morgan fingerprint density at radius 3 is 2.85 bits per heavy atom. The van der Waals surface area contributed by atoms with E-state index in [0.717, 1.165) is 6.07 Å². The molecular formula is C13H13ClF2N2O2. The lowest BCUT2D eigenvalue weighted by molar-refractivity contribution is -0.140. The molecule has 1 aliphatic rings. The van der Waals surface area contributed by atoms with Crippen molar-refractivity contribution in [1.82, 2.24) is 0 Å². The van der Waals surface area contributed by atoms with Gasteiger partial charge in [-0.2, -0.15) is 0 Å². The summed E-state index contributed by atoms with van der Waals surface area (Å²) in [6.07, 6.45) is 0.147. The molecule has 20 heavy (non-hydrogen) atoms. The van der Waals surface area contributed by atoms with Crippen LogP contribution in [0.4, 0.5) is 8.78 Å². The fourth-order valence-corrected chi connectivity index (χ4v) is 2.18. The van der Waals surface area contributed by atoms with Crippen LogP contribution in [-0.4, -0.2) is 17.7 Å². The van der Waals surface area contributed by atoms with E-state index in [9.17, 15) is 13.6 Å². The highest BCUT2D eigenvalue weighted by Crippen LogP contribution is 2.49. The van der Waals surface area contributed by atoms with Crippen molar-refractivity contribution < 1.29 is 18.4 Å². The predicted molar refractivity (Wildman–Crippen MR) is 70.3 cm³/mol. The average Bonchev–Trinajstić information content (AvgIpc) is 2.40. The van der Waals surface area contributed by atoms with Gasteiger partial charge in [-0.05, 0) is 30.5 Å². The summed E-state index contributed by atoms with van der Waals surface area (Å²) in [7, 11) is 0. The minimum absolute atomic E-state index is 0.0353. The molecule has 2 N–H and O–H groups in total. The molecular weight excluding hydrogens is 290 g/mol. The summed E-state index contributed by atoms with van der Waals surface area (Å²) >= 11 is 5.22. The van der Waals surface area contributed by atoms with Crippen LogP contribution in [0.5, 0.6) is 0 Å². The first-order chi connectivity index (χ1) is 9.44. The van der Waals surface area contributed by atoms with Gasteiger partial charge in [0.1, 0.15) is 23.2 Å². The van der Waals surface area contributed by atoms with Crippen LogP contribution in [-0.2, 0) is 15.3 Å². The van der Waals surface area contributed by atoms with Crippen LogP contribution >= 0.6 is 11.6 Å². The predicted octanol–water partition coefficient (Wildman–Crippen LogP) is 2.45. The highest BCUT2D eigenvalue weighted by atomic mass is 35.5. The normalized spacial score (nSPS) is 25.9. The summed E-state index contributed by atoms with van der Waals surface area (Å²) in [5.74, 6) is -1.86. The molecule has 1 aromatic rings. The first-order valence-corrected chi connectivity index (χ1v) is 6.52. The monoisotopic (exact) mass is 302 g/mol. The zero-order chi connectivity index (χ0) is 14.8. The lowest BCUT2D eigenvalue weighted by Gasteiger charge is -2.41. The quantitative estimate of drug-likeness (QED) is 0.305. The third-order valence-corrected chi connectivity index (χ3v) is 3.48. The molecule has 0 spiro atoms. The van der Waals surface area contributed by atoms with Crippen molar-refractivity contribution >= 4 is 23.4 Å². The fraction of sp³-hybridized carbons (Fsp3) is 0.385. The molecule has 0 bridgehead atoms. The second-order valence-electron chi connectivity index (χ2n) is 4.69. The number of nitrogens with zero attached hydrogens (tertiary/aromatic N) is 1. The molecule has 1 fully saturated rings. The number of benzene rings is 1. The van der Waals surface area contributed by atoms with E-state index in [-0.39, 0.29) is 36.0 Å². The molecule has 0 atom stereocenters. The van der Waals surface area contributed by atoms with Crippen molar-refractivity contribution in [2.75, 3.05) is 5.88 Å². The Balaban J connectivity index is 1.98. The van der Waals surface area contributed by atoms with Crippen LogP contribution in [0.1, 0.15) is 18.4 Å².